The van der Waals surface area contributed by atoms with Gasteiger partial charge in [0.15, 0.2) is 0 Å². The molecule has 1 aromatic heterocycles. The number of amides is 1. The van der Waals surface area contributed by atoms with Crippen LogP contribution in [0.1, 0.15) is 30.8 Å². The van der Waals surface area contributed by atoms with Crippen molar-refractivity contribution in [2.75, 3.05) is 13.7 Å². The lowest BCUT2D eigenvalue weighted by Gasteiger charge is -2.21. The molecule has 0 radical (unpaired) electrons. The molecule has 2 atom stereocenters. The van der Waals surface area contributed by atoms with Gasteiger partial charge in [0.25, 0.3) is 5.91 Å². The van der Waals surface area contributed by atoms with Crippen molar-refractivity contribution >= 4 is 5.91 Å². The summed E-state index contributed by atoms with van der Waals surface area (Å²) in [5.41, 5.74) is 1.95. The molecule has 0 aliphatic heterocycles. The van der Waals surface area contributed by atoms with Crippen molar-refractivity contribution < 1.29 is 14.6 Å². The van der Waals surface area contributed by atoms with Crippen molar-refractivity contribution in [3.63, 3.8) is 0 Å². The Morgan fingerprint density at radius 3 is 2.65 bits per heavy atom. The molecular formula is C17H23N3O3. The zero-order valence-corrected chi connectivity index (χ0v) is 13.7. The van der Waals surface area contributed by atoms with Crippen molar-refractivity contribution in [1.82, 2.24) is 15.5 Å². The van der Waals surface area contributed by atoms with Gasteiger partial charge in [-0.1, -0.05) is 20.3 Å². The Bertz CT molecular complexity index is 637. The van der Waals surface area contributed by atoms with Crippen LogP contribution >= 0.6 is 0 Å². The number of aromatic nitrogens is 2. The van der Waals surface area contributed by atoms with Crippen molar-refractivity contribution in [3.8, 4) is 17.0 Å². The van der Waals surface area contributed by atoms with Gasteiger partial charge < -0.3 is 15.2 Å². The molecule has 1 heterocycles. The van der Waals surface area contributed by atoms with E-state index in [1.54, 1.807) is 13.2 Å². The topological polar surface area (TPSA) is 87.2 Å². The van der Waals surface area contributed by atoms with Crippen molar-refractivity contribution in [2.24, 2.45) is 5.92 Å². The van der Waals surface area contributed by atoms with E-state index in [-0.39, 0.29) is 24.5 Å². The van der Waals surface area contributed by atoms with Gasteiger partial charge in [-0.05, 0) is 36.2 Å². The van der Waals surface area contributed by atoms with Gasteiger partial charge in [-0.15, -0.1) is 0 Å². The Hall–Kier alpha value is -2.34. The molecule has 0 unspecified atom stereocenters. The predicted molar refractivity (Wildman–Crippen MR) is 88.4 cm³/mol. The number of methoxy groups -OCH3 is 1. The maximum atomic E-state index is 12.3. The lowest BCUT2D eigenvalue weighted by atomic mass is 10.00. The molecule has 23 heavy (non-hydrogen) atoms. The van der Waals surface area contributed by atoms with E-state index in [1.807, 2.05) is 38.1 Å². The van der Waals surface area contributed by atoms with Gasteiger partial charge >= 0.3 is 0 Å². The van der Waals surface area contributed by atoms with Crippen LogP contribution in [0.4, 0.5) is 0 Å². The Morgan fingerprint density at radius 1 is 1.39 bits per heavy atom. The third-order valence-electron chi connectivity index (χ3n) is 4.05. The molecule has 0 aliphatic carbocycles. The van der Waals surface area contributed by atoms with E-state index in [4.69, 9.17) is 4.74 Å². The van der Waals surface area contributed by atoms with Gasteiger partial charge in [0.1, 0.15) is 11.4 Å². The zero-order valence-electron chi connectivity index (χ0n) is 13.7. The summed E-state index contributed by atoms with van der Waals surface area (Å²) in [6.45, 7) is 3.94. The first kappa shape index (κ1) is 17.0. The number of aliphatic hydroxyl groups is 1. The molecule has 0 spiro atoms. The molecule has 0 aliphatic rings. The monoisotopic (exact) mass is 317 g/mol. The van der Waals surface area contributed by atoms with Gasteiger partial charge in [-0.25, -0.2) is 0 Å². The first-order chi connectivity index (χ1) is 11.1. The van der Waals surface area contributed by atoms with Crippen LogP contribution in [0.15, 0.2) is 30.3 Å². The minimum absolute atomic E-state index is 0.0831. The van der Waals surface area contributed by atoms with Crippen LogP contribution in [0.5, 0.6) is 5.75 Å². The van der Waals surface area contributed by atoms with Crippen molar-refractivity contribution in [3.05, 3.63) is 36.0 Å². The minimum Gasteiger partial charge on any atom is -0.497 e. The largest absolute Gasteiger partial charge is 0.497 e. The van der Waals surface area contributed by atoms with Gasteiger partial charge in [-0.3, -0.25) is 9.89 Å². The van der Waals surface area contributed by atoms with Crippen LogP contribution < -0.4 is 10.1 Å². The van der Waals surface area contributed by atoms with Crippen LogP contribution in [0.3, 0.4) is 0 Å². The highest BCUT2D eigenvalue weighted by Crippen LogP contribution is 2.21. The number of H-pyrrole nitrogens is 1. The Kier molecular flexibility index (Phi) is 5.76. The molecule has 0 fully saturated rings. The highest BCUT2D eigenvalue weighted by atomic mass is 16.5. The second-order valence-electron chi connectivity index (χ2n) is 5.54. The average Bonchev–Trinajstić information content (AvgIpc) is 3.09. The number of nitrogens with one attached hydrogen (secondary N) is 2. The molecule has 1 amide bonds. The zero-order chi connectivity index (χ0) is 16.8. The van der Waals surface area contributed by atoms with Crippen LogP contribution in [-0.2, 0) is 0 Å². The maximum absolute atomic E-state index is 12.3. The fourth-order valence-corrected chi connectivity index (χ4v) is 2.25. The number of rotatable bonds is 7. The predicted octanol–water partition coefficient (Wildman–Crippen LogP) is 2.22. The third kappa shape index (κ3) is 4.10. The van der Waals surface area contributed by atoms with Crippen LogP contribution in [0, 0.1) is 5.92 Å². The van der Waals surface area contributed by atoms with Gasteiger partial charge in [0.05, 0.1) is 25.5 Å². The first-order valence-corrected chi connectivity index (χ1v) is 7.70. The number of nitrogens with zero attached hydrogens (tertiary/aromatic N) is 1. The molecule has 124 valence electrons. The smallest absolute Gasteiger partial charge is 0.269 e. The number of hydrogen-bond donors (Lipinski definition) is 3. The first-order valence-electron chi connectivity index (χ1n) is 7.70. The third-order valence-corrected chi connectivity index (χ3v) is 4.05. The fourth-order valence-electron chi connectivity index (χ4n) is 2.25. The lowest BCUT2D eigenvalue weighted by Crippen LogP contribution is -2.42. The summed E-state index contributed by atoms with van der Waals surface area (Å²) in [6, 6.07) is 8.88. The Balaban J connectivity index is 2.09. The van der Waals surface area contributed by atoms with Crippen LogP contribution in [0.2, 0.25) is 0 Å². The molecule has 0 saturated heterocycles. The molecule has 0 saturated carbocycles. The van der Waals surface area contributed by atoms with E-state index in [9.17, 15) is 9.90 Å². The molecular weight excluding hydrogens is 294 g/mol. The summed E-state index contributed by atoms with van der Waals surface area (Å²) in [5.74, 6) is 0.700. The van der Waals surface area contributed by atoms with Crippen LogP contribution in [0.25, 0.3) is 11.3 Å². The van der Waals surface area contributed by atoms with E-state index in [0.29, 0.717) is 11.4 Å². The van der Waals surface area contributed by atoms with Gasteiger partial charge in [0, 0.05) is 5.56 Å². The molecule has 3 N–H and O–H groups in total. The molecule has 2 rings (SSSR count). The number of hydrogen-bond acceptors (Lipinski definition) is 4. The number of ether oxygens (including phenoxy) is 1. The maximum Gasteiger partial charge on any atom is 0.269 e. The summed E-state index contributed by atoms with van der Waals surface area (Å²) in [7, 11) is 1.61. The molecule has 6 heteroatoms. The fraction of sp³-hybridized carbons (Fsp3) is 0.412. The number of carbonyl (C=O) groups is 1. The summed E-state index contributed by atoms with van der Waals surface area (Å²) < 4.78 is 5.12. The second kappa shape index (κ2) is 7.78. The highest BCUT2D eigenvalue weighted by molar-refractivity contribution is 5.93. The van der Waals surface area contributed by atoms with E-state index in [0.717, 1.165) is 17.7 Å². The quantitative estimate of drug-likeness (QED) is 0.731. The Morgan fingerprint density at radius 2 is 2.09 bits per heavy atom. The van der Waals surface area contributed by atoms with E-state index < -0.39 is 0 Å². The molecule has 2 aromatic rings. The molecule has 6 nitrogen and oxygen atoms in total. The van der Waals surface area contributed by atoms with E-state index in [2.05, 4.69) is 15.5 Å². The Labute approximate surface area is 135 Å². The molecule has 0 bridgehead atoms. The SMILES string of the molecule is CC[C@@H](C)[C@H](CO)NC(=O)c1cc(-c2ccc(OC)cc2)n[nH]1. The van der Waals surface area contributed by atoms with Gasteiger partial charge in [-0.2, -0.15) is 5.10 Å². The second-order valence-corrected chi connectivity index (χ2v) is 5.54. The number of benzene rings is 1. The minimum atomic E-state index is -0.267. The highest BCUT2D eigenvalue weighted by Gasteiger charge is 2.19. The summed E-state index contributed by atoms with van der Waals surface area (Å²) in [4.78, 5) is 12.3. The van der Waals surface area contributed by atoms with Crippen LogP contribution in [-0.4, -0.2) is 41.0 Å². The van der Waals surface area contributed by atoms with E-state index in [1.165, 1.54) is 0 Å². The normalized spacial score (nSPS) is 13.4. The number of aromatic amines is 1. The standard InChI is InChI=1S/C17H23N3O3/c1-4-11(2)16(10-21)18-17(22)15-9-14(19-20-15)12-5-7-13(23-3)8-6-12/h5-9,11,16,21H,4,10H2,1-3H3,(H,18,22)(H,19,20)/t11-,16+/m1/s1. The number of aliphatic hydroxyl groups excluding tert-OH is 1. The number of carbonyl (C=O) groups excluding carboxylic acids is 1. The van der Waals surface area contributed by atoms with Gasteiger partial charge in [0.2, 0.25) is 0 Å². The summed E-state index contributed by atoms with van der Waals surface area (Å²) in [5, 5.41) is 19.2. The lowest BCUT2D eigenvalue weighted by molar-refractivity contribution is 0.0886. The molecule has 1 aromatic carbocycles. The van der Waals surface area contributed by atoms with E-state index >= 15 is 0 Å². The summed E-state index contributed by atoms with van der Waals surface area (Å²) >= 11 is 0. The van der Waals surface area contributed by atoms with Crippen molar-refractivity contribution in [2.45, 2.75) is 26.3 Å². The average molecular weight is 317 g/mol. The summed E-state index contributed by atoms with van der Waals surface area (Å²) in [6.07, 6.45) is 0.881. The van der Waals surface area contributed by atoms with Crippen molar-refractivity contribution in [1.29, 1.82) is 0 Å².